The summed E-state index contributed by atoms with van der Waals surface area (Å²) in [7, 11) is 4.36. The molecule has 0 atom stereocenters. The molecule has 1 rings (SSSR count). The molecule has 1 aromatic carbocycles. The highest BCUT2D eigenvalue weighted by Gasteiger charge is 2.30. The van der Waals surface area contributed by atoms with Crippen molar-refractivity contribution in [3.05, 3.63) is 35.6 Å². The zero-order valence-corrected chi connectivity index (χ0v) is 9.12. The highest BCUT2D eigenvalue weighted by atomic mass is 19.1. The molecule has 0 saturated carbocycles. The van der Waals surface area contributed by atoms with Gasteiger partial charge in [-0.25, -0.2) is 4.39 Å². The maximum atomic E-state index is 13.4. The van der Waals surface area contributed by atoms with Gasteiger partial charge in [0.15, 0.2) is 0 Å². The van der Waals surface area contributed by atoms with Crippen molar-refractivity contribution < 1.29 is 18.6 Å². The van der Waals surface area contributed by atoms with E-state index in [0.29, 0.717) is 5.56 Å². The van der Waals surface area contributed by atoms with Gasteiger partial charge in [0, 0.05) is 21.3 Å². The van der Waals surface area contributed by atoms with E-state index in [2.05, 4.69) is 0 Å². The lowest BCUT2D eigenvalue weighted by atomic mass is 10.1. The van der Waals surface area contributed by atoms with E-state index < -0.39 is 5.97 Å². The van der Waals surface area contributed by atoms with Gasteiger partial charge in [0.2, 0.25) is 0 Å². The van der Waals surface area contributed by atoms with Gasteiger partial charge < -0.3 is 14.2 Å². The Morgan fingerprint density at radius 1 is 1.07 bits per heavy atom. The first kappa shape index (κ1) is 12.1. The second-order valence-corrected chi connectivity index (χ2v) is 3.06. The quantitative estimate of drug-likeness (QED) is 0.701. The van der Waals surface area contributed by atoms with Crippen molar-refractivity contribution in [3.8, 4) is 0 Å². The molecule has 84 valence electrons. The summed E-state index contributed by atoms with van der Waals surface area (Å²) in [5.41, 5.74) is 0.489. The SMILES string of the molecule is COC(Cc1ccccc1F)(OC)OC. The molecule has 15 heavy (non-hydrogen) atoms. The summed E-state index contributed by atoms with van der Waals surface area (Å²) in [5, 5.41) is 0. The Morgan fingerprint density at radius 3 is 2.07 bits per heavy atom. The predicted molar refractivity (Wildman–Crippen MR) is 53.9 cm³/mol. The Hall–Kier alpha value is -0.970. The molecule has 0 spiro atoms. The van der Waals surface area contributed by atoms with E-state index in [1.54, 1.807) is 18.2 Å². The smallest absolute Gasteiger partial charge is 0.286 e. The predicted octanol–water partition coefficient (Wildman–Crippen LogP) is 1.96. The molecule has 1 aromatic rings. The van der Waals surface area contributed by atoms with E-state index in [1.165, 1.54) is 27.4 Å². The summed E-state index contributed by atoms with van der Waals surface area (Å²) in [6.07, 6.45) is 0.198. The molecule has 0 fully saturated rings. The van der Waals surface area contributed by atoms with Gasteiger partial charge in [-0.2, -0.15) is 0 Å². The minimum atomic E-state index is -1.22. The van der Waals surface area contributed by atoms with Crippen molar-refractivity contribution in [1.29, 1.82) is 0 Å². The molecule has 0 radical (unpaired) electrons. The van der Waals surface area contributed by atoms with Gasteiger partial charge in [-0.1, -0.05) is 18.2 Å². The molecule has 0 aliphatic rings. The van der Waals surface area contributed by atoms with Crippen LogP contribution < -0.4 is 0 Å². The van der Waals surface area contributed by atoms with Gasteiger partial charge in [-0.05, 0) is 11.6 Å². The van der Waals surface area contributed by atoms with Crippen LogP contribution in [0.5, 0.6) is 0 Å². The molecule has 0 aliphatic heterocycles. The largest absolute Gasteiger partial charge is 0.331 e. The zero-order valence-electron chi connectivity index (χ0n) is 9.12. The summed E-state index contributed by atoms with van der Waals surface area (Å²) in [4.78, 5) is 0. The van der Waals surface area contributed by atoms with Crippen molar-refractivity contribution >= 4 is 0 Å². The molecule has 3 nitrogen and oxygen atoms in total. The van der Waals surface area contributed by atoms with Crippen LogP contribution in [0.2, 0.25) is 0 Å². The summed E-state index contributed by atoms with van der Waals surface area (Å²) in [6.45, 7) is 0. The van der Waals surface area contributed by atoms with Gasteiger partial charge in [-0.15, -0.1) is 0 Å². The summed E-state index contributed by atoms with van der Waals surface area (Å²) >= 11 is 0. The van der Waals surface area contributed by atoms with Crippen LogP contribution in [-0.4, -0.2) is 27.3 Å². The molecule has 0 unspecified atom stereocenters. The summed E-state index contributed by atoms with van der Waals surface area (Å²) in [6, 6.07) is 6.44. The third kappa shape index (κ3) is 2.75. The fourth-order valence-corrected chi connectivity index (χ4v) is 1.34. The van der Waals surface area contributed by atoms with Gasteiger partial charge in [0.25, 0.3) is 5.97 Å². The number of hydrogen-bond acceptors (Lipinski definition) is 3. The first-order valence-corrected chi connectivity index (χ1v) is 4.56. The summed E-state index contributed by atoms with van der Waals surface area (Å²) in [5.74, 6) is -1.52. The molecule has 4 heteroatoms. The Kier molecular flexibility index (Phi) is 4.20. The van der Waals surface area contributed by atoms with Crippen LogP contribution in [0.15, 0.2) is 24.3 Å². The number of halogens is 1. The molecule has 0 aromatic heterocycles. The first-order chi connectivity index (χ1) is 7.17. The van der Waals surface area contributed by atoms with Gasteiger partial charge in [0.05, 0.1) is 6.42 Å². The maximum absolute atomic E-state index is 13.4. The first-order valence-electron chi connectivity index (χ1n) is 4.56. The molecular formula is C11H15FO3. The Labute approximate surface area is 88.8 Å². The van der Waals surface area contributed by atoms with E-state index in [-0.39, 0.29) is 12.2 Å². The Balaban J connectivity index is 2.88. The van der Waals surface area contributed by atoms with E-state index in [1.807, 2.05) is 0 Å². The Bertz CT molecular complexity index is 302. The van der Waals surface area contributed by atoms with Crippen LogP contribution in [0.25, 0.3) is 0 Å². The van der Waals surface area contributed by atoms with E-state index in [0.717, 1.165) is 0 Å². The van der Waals surface area contributed by atoms with E-state index in [4.69, 9.17) is 14.2 Å². The fourth-order valence-electron chi connectivity index (χ4n) is 1.34. The lowest BCUT2D eigenvalue weighted by molar-refractivity contribution is -0.351. The molecule has 0 bridgehead atoms. The number of ether oxygens (including phenoxy) is 3. The number of rotatable bonds is 5. The lowest BCUT2D eigenvalue weighted by Crippen LogP contribution is -2.38. The van der Waals surface area contributed by atoms with Crippen molar-refractivity contribution in [1.82, 2.24) is 0 Å². The zero-order chi connectivity index (χ0) is 11.3. The van der Waals surface area contributed by atoms with Crippen molar-refractivity contribution in [2.45, 2.75) is 12.4 Å². The van der Waals surface area contributed by atoms with Crippen molar-refractivity contribution in [2.75, 3.05) is 21.3 Å². The minimum absolute atomic E-state index is 0.198. The van der Waals surface area contributed by atoms with Crippen molar-refractivity contribution in [3.63, 3.8) is 0 Å². The topological polar surface area (TPSA) is 27.7 Å². The second kappa shape index (κ2) is 5.21. The van der Waals surface area contributed by atoms with Crippen LogP contribution in [-0.2, 0) is 20.6 Å². The highest BCUT2D eigenvalue weighted by Crippen LogP contribution is 2.20. The lowest BCUT2D eigenvalue weighted by Gasteiger charge is -2.28. The molecule has 0 aliphatic carbocycles. The average molecular weight is 214 g/mol. The second-order valence-electron chi connectivity index (χ2n) is 3.06. The molecule has 0 N–H and O–H groups in total. The van der Waals surface area contributed by atoms with Crippen LogP contribution >= 0.6 is 0 Å². The Morgan fingerprint density at radius 2 is 1.60 bits per heavy atom. The third-order valence-electron chi connectivity index (χ3n) is 2.30. The molecular weight excluding hydrogens is 199 g/mol. The van der Waals surface area contributed by atoms with Crippen LogP contribution in [0, 0.1) is 5.82 Å². The van der Waals surface area contributed by atoms with E-state index in [9.17, 15) is 4.39 Å². The molecule has 0 heterocycles. The van der Waals surface area contributed by atoms with Gasteiger partial charge >= 0.3 is 0 Å². The standard InChI is InChI=1S/C11H15FO3/c1-13-11(14-2,15-3)8-9-6-4-5-7-10(9)12/h4-7H,8H2,1-3H3. The number of hydrogen-bond donors (Lipinski definition) is 0. The average Bonchev–Trinajstić information content (AvgIpc) is 2.29. The van der Waals surface area contributed by atoms with Gasteiger partial charge in [0.1, 0.15) is 5.82 Å². The van der Waals surface area contributed by atoms with Crippen LogP contribution in [0.3, 0.4) is 0 Å². The normalized spacial score (nSPS) is 11.7. The van der Waals surface area contributed by atoms with E-state index >= 15 is 0 Å². The maximum Gasteiger partial charge on any atom is 0.286 e. The minimum Gasteiger partial charge on any atom is -0.331 e. The third-order valence-corrected chi connectivity index (χ3v) is 2.30. The molecule has 0 amide bonds. The number of benzene rings is 1. The van der Waals surface area contributed by atoms with Gasteiger partial charge in [-0.3, -0.25) is 0 Å². The monoisotopic (exact) mass is 214 g/mol. The van der Waals surface area contributed by atoms with Crippen LogP contribution in [0.1, 0.15) is 5.56 Å². The highest BCUT2D eigenvalue weighted by molar-refractivity contribution is 5.18. The van der Waals surface area contributed by atoms with Crippen molar-refractivity contribution in [2.24, 2.45) is 0 Å². The fraction of sp³-hybridized carbons (Fsp3) is 0.455. The summed E-state index contributed by atoms with van der Waals surface area (Å²) < 4.78 is 28.6. The molecule has 0 saturated heterocycles. The number of methoxy groups -OCH3 is 3. The van der Waals surface area contributed by atoms with Crippen LogP contribution in [0.4, 0.5) is 4.39 Å².